The molecule has 1 aliphatic rings. The quantitative estimate of drug-likeness (QED) is 0.816. The van der Waals surface area contributed by atoms with Gasteiger partial charge in [-0.05, 0) is 42.9 Å². The molecule has 1 aromatic carbocycles. The molecule has 4 heteroatoms. The first-order valence-electron chi connectivity index (χ1n) is 6.80. The summed E-state index contributed by atoms with van der Waals surface area (Å²) < 4.78 is 5.37. The maximum atomic E-state index is 11.4. The van der Waals surface area contributed by atoms with Crippen molar-refractivity contribution < 1.29 is 14.6 Å². The lowest BCUT2D eigenvalue weighted by Crippen LogP contribution is -2.23. The van der Waals surface area contributed by atoms with Crippen LogP contribution in [0.3, 0.4) is 0 Å². The number of benzene rings is 1. The Bertz CT molecular complexity index is 471. The lowest BCUT2D eigenvalue weighted by atomic mass is 9.88. The van der Waals surface area contributed by atoms with Gasteiger partial charge in [0.2, 0.25) is 0 Å². The van der Waals surface area contributed by atoms with E-state index in [9.17, 15) is 9.90 Å². The van der Waals surface area contributed by atoms with E-state index in [-0.39, 0.29) is 6.54 Å². The van der Waals surface area contributed by atoms with Crippen molar-refractivity contribution in [1.29, 1.82) is 0 Å². The summed E-state index contributed by atoms with van der Waals surface area (Å²) in [7, 11) is 1.58. The van der Waals surface area contributed by atoms with Gasteiger partial charge in [-0.3, -0.25) is 4.79 Å². The maximum Gasteiger partial charge on any atom is 0.312 e. The van der Waals surface area contributed by atoms with Crippen LogP contribution in [0, 0.1) is 0 Å². The largest absolute Gasteiger partial charge is 0.496 e. The number of aryl methyl sites for hydroxylation is 1. The zero-order valence-corrected chi connectivity index (χ0v) is 11.3. The molecular weight excluding hydrogens is 242 g/mol. The summed E-state index contributed by atoms with van der Waals surface area (Å²) in [6.07, 6.45) is 5.40. The molecule has 2 rings (SSSR count). The molecule has 0 saturated carbocycles. The first-order chi connectivity index (χ1) is 9.19. The van der Waals surface area contributed by atoms with Crippen molar-refractivity contribution in [1.82, 2.24) is 0 Å². The molecule has 104 valence electrons. The van der Waals surface area contributed by atoms with Gasteiger partial charge in [0, 0.05) is 12.1 Å². The smallest absolute Gasteiger partial charge is 0.312 e. The topological polar surface area (TPSA) is 72.5 Å². The third-order valence-corrected chi connectivity index (χ3v) is 3.89. The fourth-order valence-corrected chi connectivity index (χ4v) is 2.91. The minimum Gasteiger partial charge on any atom is -0.496 e. The highest BCUT2D eigenvalue weighted by Gasteiger charge is 2.27. The third-order valence-electron chi connectivity index (χ3n) is 3.89. The lowest BCUT2D eigenvalue weighted by Gasteiger charge is -2.20. The standard InChI is InChI=1S/C15H21NO3/c1-19-13-8-7-10-5-3-2-4-6-11(10)14(13)12(9-16)15(17)18/h7-8,12H,2-6,9,16H2,1H3,(H,17,18). The molecular formula is C15H21NO3. The molecule has 0 aromatic heterocycles. The molecule has 0 fully saturated rings. The Labute approximate surface area is 113 Å². The average molecular weight is 263 g/mol. The Hall–Kier alpha value is -1.55. The Morgan fingerprint density at radius 2 is 2.11 bits per heavy atom. The van der Waals surface area contributed by atoms with Crippen LogP contribution in [0.1, 0.15) is 41.9 Å². The number of ether oxygens (including phenoxy) is 1. The van der Waals surface area contributed by atoms with Crippen molar-refractivity contribution in [2.75, 3.05) is 13.7 Å². The van der Waals surface area contributed by atoms with Crippen LogP contribution in [0.4, 0.5) is 0 Å². The van der Waals surface area contributed by atoms with Gasteiger partial charge in [0.15, 0.2) is 0 Å². The fourth-order valence-electron chi connectivity index (χ4n) is 2.91. The van der Waals surface area contributed by atoms with Crippen LogP contribution in [0.2, 0.25) is 0 Å². The van der Waals surface area contributed by atoms with E-state index < -0.39 is 11.9 Å². The number of hydrogen-bond donors (Lipinski definition) is 2. The van der Waals surface area contributed by atoms with Crippen LogP contribution >= 0.6 is 0 Å². The molecule has 0 radical (unpaired) electrons. The predicted octanol–water partition coefficient (Wildman–Crippen LogP) is 2.09. The molecule has 1 aromatic rings. The van der Waals surface area contributed by atoms with Crippen molar-refractivity contribution >= 4 is 5.97 Å². The predicted molar refractivity (Wildman–Crippen MR) is 73.7 cm³/mol. The van der Waals surface area contributed by atoms with Gasteiger partial charge in [0.1, 0.15) is 5.75 Å². The van der Waals surface area contributed by atoms with E-state index in [0.29, 0.717) is 5.75 Å². The highest BCUT2D eigenvalue weighted by Crippen LogP contribution is 2.35. The molecule has 4 nitrogen and oxygen atoms in total. The van der Waals surface area contributed by atoms with Gasteiger partial charge in [0.05, 0.1) is 13.0 Å². The highest BCUT2D eigenvalue weighted by atomic mass is 16.5. The van der Waals surface area contributed by atoms with E-state index in [2.05, 4.69) is 6.07 Å². The van der Waals surface area contributed by atoms with Crippen molar-refractivity contribution in [3.8, 4) is 5.75 Å². The third kappa shape index (κ3) is 2.73. The number of carboxylic acids is 1. The molecule has 0 spiro atoms. The zero-order chi connectivity index (χ0) is 13.8. The van der Waals surface area contributed by atoms with E-state index >= 15 is 0 Å². The minimum atomic E-state index is -0.876. The van der Waals surface area contributed by atoms with Gasteiger partial charge >= 0.3 is 5.97 Å². The summed E-state index contributed by atoms with van der Waals surface area (Å²) in [5.41, 5.74) is 8.86. The molecule has 1 aliphatic carbocycles. The molecule has 0 bridgehead atoms. The van der Waals surface area contributed by atoms with E-state index in [1.165, 1.54) is 18.4 Å². The van der Waals surface area contributed by atoms with E-state index in [1.54, 1.807) is 7.11 Å². The van der Waals surface area contributed by atoms with Crippen LogP contribution in [-0.2, 0) is 17.6 Å². The van der Waals surface area contributed by atoms with Gasteiger partial charge in [-0.1, -0.05) is 12.5 Å². The van der Waals surface area contributed by atoms with Crippen molar-refractivity contribution in [3.05, 3.63) is 28.8 Å². The average Bonchev–Trinajstić information content (AvgIpc) is 2.64. The van der Waals surface area contributed by atoms with E-state index in [1.807, 2.05) is 6.07 Å². The second-order valence-electron chi connectivity index (χ2n) is 5.01. The number of fused-ring (bicyclic) bond motifs is 1. The molecule has 0 heterocycles. The number of hydrogen-bond acceptors (Lipinski definition) is 3. The number of nitrogens with two attached hydrogens (primary N) is 1. The first-order valence-corrected chi connectivity index (χ1v) is 6.80. The Morgan fingerprint density at radius 1 is 1.37 bits per heavy atom. The second kappa shape index (κ2) is 6.06. The maximum absolute atomic E-state index is 11.4. The fraction of sp³-hybridized carbons (Fsp3) is 0.533. The Balaban J connectivity index is 2.57. The summed E-state index contributed by atoms with van der Waals surface area (Å²) >= 11 is 0. The summed E-state index contributed by atoms with van der Waals surface area (Å²) in [5.74, 6) is -0.903. The number of rotatable bonds is 4. The van der Waals surface area contributed by atoms with Gasteiger partial charge < -0.3 is 15.6 Å². The van der Waals surface area contributed by atoms with E-state index in [4.69, 9.17) is 10.5 Å². The van der Waals surface area contributed by atoms with Gasteiger partial charge in [-0.15, -0.1) is 0 Å². The van der Waals surface area contributed by atoms with Crippen molar-refractivity contribution in [2.45, 2.75) is 38.0 Å². The molecule has 1 atom stereocenters. The number of aliphatic carboxylic acids is 1. The second-order valence-corrected chi connectivity index (χ2v) is 5.01. The minimum absolute atomic E-state index is 0.0994. The zero-order valence-electron chi connectivity index (χ0n) is 11.3. The molecule has 0 saturated heterocycles. The monoisotopic (exact) mass is 263 g/mol. The van der Waals surface area contributed by atoms with Crippen LogP contribution in [0.25, 0.3) is 0 Å². The lowest BCUT2D eigenvalue weighted by molar-refractivity contribution is -0.138. The number of carboxylic acid groups (broad SMARTS) is 1. The van der Waals surface area contributed by atoms with Crippen molar-refractivity contribution in [2.24, 2.45) is 5.73 Å². The SMILES string of the molecule is COc1ccc2c(c1C(CN)C(=O)O)CCCCC2. The normalized spacial score (nSPS) is 16.3. The molecule has 1 unspecified atom stereocenters. The molecule has 0 amide bonds. The molecule has 0 aliphatic heterocycles. The first kappa shape index (κ1) is 13.9. The molecule has 3 N–H and O–H groups in total. The van der Waals surface area contributed by atoms with Crippen LogP contribution in [-0.4, -0.2) is 24.7 Å². The van der Waals surface area contributed by atoms with Crippen LogP contribution in [0.15, 0.2) is 12.1 Å². The van der Waals surface area contributed by atoms with Crippen LogP contribution < -0.4 is 10.5 Å². The Kier molecular flexibility index (Phi) is 4.43. The summed E-state index contributed by atoms with van der Waals surface area (Å²) in [6.45, 7) is 0.0994. The van der Waals surface area contributed by atoms with E-state index in [0.717, 1.165) is 30.4 Å². The molecule has 19 heavy (non-hydrogen) atoms. The van der Waals surface area contributed by atoms with Crippen molar-refractivity contribution in [3.63, 3.8) is 0 Å². The number of methoxy groups -OCH3 is 1. The number of carbonyl (C=O) groups is 1. The summed E-state index contributed by atoms with van der Waals surface area (Å²) in [5, 5.41) is 9.38. The van der Waals surface area contributed by atoms with Gasteiger partial charge in [0.25, 0.3) is 0 Å². The highest BCUT2D eigenvalue weighted by molar-refractivity contribution is 5.78. The summed E-state index contributed by atoms with van der Waals surface area (Å²) in [4.78, 5) is 11.4. The summed E-state index contributed by atoms with van der Waals surface area (Å²) in [6, 6.07) is 3.95. The Morgan fingerprint density at radius 3 is 2.74 bits per heavy atom. The van der Waals surface area contributed by atoms with Gasteiger partial charge in [-0.2, -0.15) is 0 Å². The van der Waals surface area contributed by atoms with Gasteiger partial charge in [-0.25, -0.2) is 0 Å². The van der Waals surface area contributed by atoms with Crippen LogP contribution in [0.5, 0.6) is 5.75 Å².